The van der Waals surface area contributed by atoms with Crippen LogP contribution in [0.1, 0.15) is 75.2 Å². The fourth-order valence-electron chi connectivity index (χ4n) is 5.04. The van der Waals surface area contributed by atoms with E-state index in [1.54, 1.807) is 6.92 Å². The van der Waals surface area contributed by atoms with Crippen molar-refractivity contribution in [3.05, 3.63) is 41.2 Å². The van der Waals surface area contributed by atoms with Gasteiger partial charge in [-0.15, -0.1) is 0 Å². The number of amides is 1. The van der Waals surface area contributed by atoms with Gasteiger partial charge in [0, 0.05) is 12.1 Å². The number of rotatable bonds is 9. The normalized spacial score (nSPS) is 19.7. The van der Waals surface area contributed by atoms with E-state index in [0.717, 1.165) is 37.0 Å². The Morgan fingerprint density at radius 1 is 1.10 bits per heavy atom. The highest BCUT2D eigenvalue weighted by atomic mass is 16.5. The van der Waals surface area contributed by atoms with Gasteiger partial charge in [-0.3, -0.25) is 14.4 Å². The van der Waals surface area contributed by atoms with Gasteiger partial charge in [0.15, 0.2) is 18.1 Å². The maximum Gasteiger partial charge on any atom is 0.306 e. The molecule has 1 aromatic heterocycles. The highest BCUT2D eigenvalue weighted by molar-refractivity contribution is 6.09. The van der Waals surface area contributed by atoms with Crippen LogP contribution in [0.2, 0.25) is 0 Å². The lowest BCUT2D eigenvalue weighted by Crippen LogP contribution is -2.41. The van der Waals surface area contributed by atoms with Crippen molar-refractivity contribution in [3.63, 3.8) is 0 Å². The number of carbonyl (C=O) groups excluding carboxylic acids is 2. The van der Waals surface area contributed by atoms with Crippen LogP contribution in [0.5, 0.6) is 5.88 Å². The minimum Gasteiger partial charge on any atom is -0.481 e. The Balaban J connectivity index is 1.28. The molecule has 1 saturated carbocycles. The van der Waals surface area contributed by atoms with Gasteiger partial charge >= 0.3 is 11.9 Å². The molecule has 0 spiro atoms. The summed E-state index contributed by atoms with van der Waals surface area (Å²) in [5.74, 6) is -0.115. The van der Waals surface area contributed by atoms with Crippen LogP contribution in [0.15, 0.2) is 29.3 Å². The van der Waals surface area contributed by atoms with Gasteiger partial charge in [0.25, 0.3) is 5.91 Å². The first kappa shape index (κ1) is 28.0. The Kier molecular flexibility index (Phi) is 8.47. The van der Waals surface area contributed by atoms with Crippen LogP contribution in [0.25, 0.3) is 0 Å². The molecule has 39 heavy (non-hydrogen) atoms. The number of aromatic nitrogens is 2. The average molecular weight is 538 g/mol. The number of aliphatic imine (C=N–C) groups is 1. The molecule has 0 atom stereocenters. The molecule has 4 N–H and O–H groups in total. The molecule has 1 fully saturated rings. The summed E-state index contributed by atoms with van der Waals surface area (Å²) in [6.45, 7) is 5.82. The zero-order chi connectivity index (χ0) is 28.2. The number of fused-ring (bicyclic) bond motifs is 1. The van der Waals surface area contributed by atoms with Crippen LogP contribution < -0.4 is 15.8 Å². The van der Waals surface area contributed by atoms with Crippen LogP contribution in [0.3, 0.4) is 0 Å². The molecule has 1 amide bonds. The number of carboxylic acids is 1. The summed E-state index contributed by atoms with van der Waals surface area (Å²) < 4.78 is 11.0. The van der Waals surface area contributed by atoms with Gasteiger partial charge in [-0.1, -0.05) is 24.3 Å². The molecule has 11 heteroatoms. The minimum absolute atomic E-state index is 0.246. The first-order valence-corrected chi connectivity index (χ1v) is 13.2. The van der Waals surface area contributed by atoms with E-state index in [9.17, 15) is 14.4 Å². The number of hydrogen-bond acceptors (Lipinski definition) is 9. The fourth-order valence-corrected chi connectivity index (χ4v) is 5.04. The lowest BCUT2D eigenvalue weighted by atomic mass is 9.78. The lowest BCUT2D eigenvalue weighted by molar-refractivity contribution is -0.150. The standard InChI is InChI=1S/C28H35N5O6/c1-16-31-26(29)24-27(32-16)39-28(2,3)25(33-24)20-10-8-19(9-11-20)18-6-4-17(5-7-18)14-30-21(34)15-38-23(37)13-12-22(35)36/h8-11,17-18H,4-7,12-15H2,1-3H3,(H,30,34)(H,35,36)(H2,29,31,32)/t17-,18-. The van der Waals surface area contributed by atoms with Crippen LogP contribution in [0, 0.1) is 12.8 Å². The maximum absolute atomic E-state index is 12.0. The van der Waals surface area contributed by atoms with E-state index in [2.05, 4.69) is 39.6 Å². The van der Waals surface area contributed by atoms with Crippen LogP contribution in [-0.2, 0) is 19.1 Å². The molecule has 1 aliphatic heterocycles. The SMILES string of the molecule is Cc1nc(N)c2c(n1)OC(C)(C)C(c1ccc([C@H]3CC[C@H](CNC(=O)COC(=O)CCC(=O)O)CC3)cc1)=N2. The van der Waals surface area contributed by atoms with Crippen molar-refractivity contribution in [2.24, 2.45) is 10.9 Å². The van der Waals surface area contributed by atoms with E-state index in [1.165, 1.54) is 5.56 Å². The third-order valence-electron chi connectivity index (χ3n) is 7.13. The van der Waals surface area contributed by atoms with Gasteiger partial charge in [-0.05, 0) is 63.9 Å². The molecule has 2 heterocycles. The summed E-state index contributed by atoms with van der Waals surface area (Å²) in [7, 11) is 0. The van der Waals surface area contributed by atoms with E-state index in [1.807, 2.05) is 13.8 Å². The van der Waals surface area contributed by atoms with Gasteiger partial charge in [-0.2, -0.15) is 4.98 Å². The molecule has 0 saturated heterocycles. The second kappa shape index (κ2) is 11.8. The van der Waals surface area contributed by atoms with Crippen LogP contribution in [-0.4, -0.2) is 57.4 Å². The number of anilines is 1. The first-order chi connectivity index (χ1) is 18.5. The molecule has 11 nitrogen and oxygen atoms in total. The Labute approximate surface area is 227 Å². The number of hydrogen-bond donors (Lipinski definition) is 3. The van der Waals surface area contributed by atoms with Gasteiger partial charge in [0.1, 0.15) is 11.4 Å². The summed E-state index contributed by atoms with van der Waals surface area (Å²) in [5.41, 5.74) is 8.86. The second-order valence-electron chi connectivity index (χ2n) is 10.6. The zero-order valence-electron chi connectivity index (χ0n) is 22.5. The number of nitrogens with two attached hydrogens (primary N) is 1. The molecule has 0 radical (unpaired) electrons. The Bertz CT molecular complexity index is 1270. The summed E-state index contributed by atoms with van der Waals surface area (Å²) in [6, 6.07) is 8.42. The highest BCUT2D eigenvalue weighted by Gasteiger charge is 2.35. The quantitative estimate of drug-likeness (QED) is 0.406. The number of nitrogens with zero attached hydrogens (tertiary/aromatic N) is 3. The predicted molar refractivity (Wildman–Crippen MR) is 144 cm³/mol. The van der Waals surface area contributed by atoms with Gasteiger partial charge in [0.2, 0.25) is 5.88 Å². The van der Waals surface area contributed by atoms with E-state index >= 15 is 0 Å². The van der Waals surface area contributed by atoms with E-state index in [4.69, 9.17) is 25.3 Å². The van der Waals surface area contributed by atoms with Gasteiger partial charge in [0.05, 0.1) is 18.6 Å². The van der Waals surface area contributed by atoms with Crippen molar-refractivity contribution in [3.8, 4) is 5.88 Å². The molecule has 0 unspecified atom stereocenters. The molecule has 208 valence electrons. The number of nitrogen functional groups attached to an aromatic ring is 1. The Morgan fingerprint density at radius 2 is 1.79 bits per heavy atom. The lowest BCUT2D eigenvalue weighted by Gasteiger charge is -2.32. The number of ether oxygens (including phenoxy) is 2. The van der Waals surface area contributed by atoms with E-state index in [-0.39, 0.29) is 18.7 Å². The first-order valence-electron chi connectivity index (χ1n) is 13.2. The van der Waals surface area contributed by atoms with Gasteiger partial charge < -0.3 is 25.6 Å². The Hall–Kier alpha value is -4.02. The number of aryl methyl sites for hydroxylation is 1. The van der Waals surface area contributed by atoms with Crippen molar-refractivity contribution in [2.45, 2.75) is 70.8 Å². The zero-order valence-corrected chi connectivity index (χ0v) is 22.5. The largest absolute Gasteiger partial charge is 0.481 e. The van der Waals surface area contributed by atoms with Crippen molar-refractivity contribution in [1.82, 2.24) is 15.3 Å². The number of aliphatic carboxylic acids is 1. The van der Waals surface area contributed by atoms with Crippen LogP contribution in [0.4, 0.5) is 11.5 Å². The summed E-state index contributed by atoms with van der Waals surface area (Å²) in [5, 5.41) is 11.4. The molecular formula is C28H35N5O6. The smallest absolute Gasteiger partial charge is 0.306 e. The fraction of sp³-hybridized carbons (Fsp3) is 0.500. The molecule has 2 aliphatic rings. The highest BCUT2D eigenvalue weighted by Crippen LogP contribution is 2.40. The molecule has 2 aromatic rings. The minimum atomic E-state index is -1.08. The molecule has 0 bridgehead atoms. The molecular weight excluding hydrogens is 502 g/mol. The second-order valence-corrected chi connectivity index (χ2v) is 10.6. The van der Waals surface area contributed by atoms with Crippen molar-refractivity contribution < 1.29 is 29.0 Å². The van der Waals surface area contributed by atoms with E-state index in [0.29, 0.717) is 41.6 Å². The van der Waals surface area contributed by atoms with Crippen molar-refractivity contribution in [1.29, 1.82) is 0 Å². The third-order valence-corrected chi connectivity index (χ3v) is 7.13. The number of benzene rings is 1. The van der Waals surface area contributed by atoms with Crippen molar-refractivity contribution >= 4 is 35.1 Å². The summed E-state index contributed by atoms with van der Waals surface area (Å²) in [4.78, 5) is 47.3. The average Bonchev–Trinajstić information content (AvgIpc) is 2.89. The Morgan fingerprint density at radius 3 is 2.46 bits per heavy atom. The monoisotopic (exact) mass is 537 g/mol. The number of carboxylic acid groups (broad SMARTS) is 1. The number of esters is 1. The number of carbonyl (C=O) groups is 3. The summed E-state index contributed by atoms with van der Waals surface area (Å²) >= 11 is 0. The summed E-state index contributed by atoms with van der Waals surface area (Å²) in [6.07, 6.45) is 3.43. The third kappa shape index (κ3) is 7.10. The van der Waals surface area contributed by atoms with Crippen molar-refractivity contribution in [2.75, 3.05) is 18.9 Å². The number of nitrogens with one attached hydrogen (secondary N) is 1. The topological polar surface area (TPSA) is 166 Å². The molecule has 1 aromatic carbocycles. The molecule has 4 rings (SSSR count). The predicted octanol–water partition coefficient (Wildman–Crippen LogP) is 3.46. The van der Waals surface area contributed by atoms with E-state index < -0.39 is 24.1 Å². The molecule has 1 aliphatic carbocycles. The van der Waals surface area contributed by atoms with Gasteiger partial charge in [-0.25, -0.2) is 9.98 Å². The maximum atomic E-state index is 12.0. The van der Waals surface area contributed by atoms with Crippen LogP contribution >= 0.6 is 0 Å².